The molecule has 0 radical (unpaired) electrons. The fraction of sp³-hybridized carbons (Fsp3) is 0.429. The number of benzene rings is 2. The van der Waals surface area contributed by atoms with Crippen LogP contribution in [0.1, 0.15) is 61.1 Å². The van der Waals surface area contributed by atoms with Gasteiger partial charge in [0.25, 0.3) is 0 Å². The number of thiol groups is 1. The summed E-state index contributed by atoms with van der Waals surface area (Å²) in [5, 5.41) is 12.1. The summed E-state index contributed by atoms with van der Waals surface area (Å²) in [4.78, 5) is 0. The van der Waals surface area contributed by atoms with Gasteiger partial charge in [-0.15, -0.1) is 0 Å². The topological polar surface area (TPSA) is 20.2 Å². The van der Waals surface area contributed by atoms with Crippen LogP contribution in [-0.4, -0.2) is 5.11 Å². The number of phenolic OH excluding ortho intramolecular Hbond substituents is 1. The van der Waals surface area contributed by atoms with Crippen LogP contribution in [0.5, 0.6) is 5.75 Å². The van der Waals surface area contributed by atoms with Gasteiger partial charge in [-0.05, 0) is 50.5 Å². The van der Waals surface area contributed by atoms with Crippen LogP contribution in [0.2, 0.25) is 0 Å². The van der Waals surface area contributed by atoms with Crippen LogP contribution in [0.3, 0.4) is 0 Å². The molecule has 0 spiro atoms. The summed E-state index contributed by atoms with van der Waals surface area (Å²) in [6.07, 6.45) is 2.01. The van der Waals surface area contributed by atoms with Crippen LogP contribution >= 0.6 is 21.2 Å². The first-order valence-corrected chi connectivity index (χ1v) is 10.2. The first kappa shape index (κ1) is 19.3. The Morgan fingerprint density at radius 3 is 2.21 bits per heavy atom. The number of aryl methyl sites for hydroxylation is 2. The quantitative estimate of drug-likeness (QED) is 0.477. The van der Waals surface area contributed by atoms with Crippen LogP contribution < -0.4 is 5.30 Å². The normalized spacial score (nSPS) is 13.6. The van der Waals surface area contributed by atoms with Crippen molar-refractivity contribution in [1.82, 2.24) is 0 Å². The van der Waals surface area contributed by atoms with E-state index in [4.69, 9.17) is 12.6 Å². The van der Waals surface area contributed by atoms with Crippen molar-refractivity contribution >= 4 is 26.5 Å². The van der Waals surface area contributed by atoms with Crippen LogP contribution in [0.25, 0.3) is 0 Å². The van der Waals surface area contributed by atoms with Gasteiger partial charge in [0, 0.05) is 16.0 Å². The van der Waals surface area contributed by atoms with Crippen molar-refractivity contribution in [2.45, 2.75) is 57.9 Å². The Morgan fingerprint density at radius 2 is 1.62 bits per heavy atom. The highest BCUT2D eigenvalue weighted by atomic mass is 32.1. The highest BCUT2D eigenvalue weighted by molar-refractivity contribution is 7.80. The van der Waals surface area contributed by atoms with Crippen molar-refractivity contribution in [2.75, 3.05) is 0 Å². The zero-order chi connectivity index (χ0) is 17.9. The molecule has 0 saturated heterocycles. The SMILES string of the molecule is CCC(CC)(Pc1ccc(C)cc1C(C)S)c1cc(C)ccc1O. The molecule has 3 heteroatoms. The fourth-order valence-electron chi connectivity index (χ4n) is 3.31. The predicted octanol–water partition coefficient (Wildman–Crippen LogP) is 6.02. The van der Waals surface area contributed by atoms with E-state index in [9.17, 15) is 5.11 Å². The van der Waals surface area contributed by atoms with Gasteiger partial charge in [0.2, 0.25) is 0 Å². The number of phenols is 1. The molecule has 0 saturated carbocycles. The summed E-state index contributed by atoms with van der Waals surface area (Å²) in [6.45, 7) is 10.8. The lowest BCUT2D eigenvalue weighted by Gasteiger charge is -2.34. The first-order chi connectivity index (χ1) is 11.3. The van der Waals surface area contributed by atoms with Gasteiger partial charge in [-0.3, -0.25) is 0 Å². The van der Waals surface area contributed by atoms with Gasteiger partial charge in [0.15, 0.2) is 0 Å². The van der Waals surface area contributed by atoms with Crippen molar-refractivity contribution in [3.8, 4) is 5.75 Å². The molecule has 2 atom stereocenters. The Hall–Kier alpha value is -0.980. The third-order valence-corrected chi connectivity index (χ3v) is 7.36. The fourth-order valence-corrected chi connectivity index (χ4v) is 5.45. The molecule has 1 nitrogen and oxygen atoms in total. The lowest BCUT2D eigenvalue weighted by Crippen LogP contribution is -2.23. The molecule has 0 fully saturated rings. The molecule has 0 aliphatic heterocycles. The van der Waals surface area contributed by atoms with Crippen molar-refractivity contribution in [3.63, 3.8) is 0 Å². The van der Waals surface area contributed by atoms with Crippen molar-refractivity contribution in [1.29, 1.82) is 0 Å². The van der Waals surface area contributed by atoms with E-state index in [-0.39, 0.29) is 10.4 Å². The van der Waals surface area contributed by atoms with Gasteiger partial charge in [-0.1, -0.05) is 63.9 Å². The Labute approximate surface area is 154 Å². The summed E-state index contributed by atoms with van der Waals surface area (Å²) in [6, 6.07) is 12.7. The number of aromatic hydroxyl groups is 1. The number of hydrogen-bond acceptors (Lipinski definition) is 2. The molecule has 1 N–H and O–H groups in total. The maximum atomic E-state index is 10.5. The molecule has 0 amide bonds. The van der Waals surface area contributed by atoms with Crippen molar-refractivity contribution < 1.29 is 5.11 Å². The number of hydrogen-bond donors (Lipinski definition) is 2. The van der Waals surface area contributed by atoms with Crippen LogP contribution in [0.15, 0.2) is 36.4 Å². The molecule has 0 aliphatic rings. The third kappa shape index (κ3) is 3.98. The second kappa shape index (κ2) is 7.93. The molecule has 2 rings (SSSR count). The van der Waals surface area contributed by atoms with Gasteiger partial charge in [0.05, 0.1) is 0 Å². The van der Waals surface area contributed by atoms with Gasteiger partial charge >= 0.3 is 0 Å². The van der Waals surface area contributed by atoms with E-state index in [1.807, 2.05) is 12.1 Å². The Bertz CT molecular complexity index is 705. The third-order valence-electron chi connectivity index (χ3n) is 4.91. The predicted molar refractivity (Wildman–Crippen MR) is 112 cm³/mol. The summed E-state index contributed by atoms with van der Waals surface area (Å²) in [7, 11) is 0.615. The standard InChI is InChI=1S/C21H29OPS/c1-6-21(7-2,18-13-15(4)8-10-19(18)22)23-20-11-9-14(3)12-17(20)16(5)24/h8-13,16,22-24H,6-7H2,1-5H3. The Balaban J connectivity index is 2.55. The summed E-state index contributed by atoms with van der Waals surface area (Å²) < 4.78 is 0. The molecule has 0 aromatic heterocycles. The molecule has 2 aromatic rings. The molecular weight excluding hydrogens is 331 g/mol. The molecule has 2 unspecified atom stereocenters. The first-order valence-electron chi connectivity index (χ1n) is 8.70. The van der Waals surface area contributed by atoms with E-state index < -0.39 is 0 Å². The highest BCUT2D eigenvalue weighted by Crippen LogP contribution is 2.50. The Kier molecular flexibility index (Phi) is 6.39. The minimum absolute atomic E-state index is 0.0250. The van der Waals surface area contributed by atoms with E-state index in [0.29, 0.717) is 14.3 Å². The molecule has 2 aromatic carbocycles. The van der Waals surface area contributed by atoms with E-state index >= 15 is 0 Å². The minimum Gasteiger partial charge on any atom is -0.508 e. The minimum atomic E-state index is -0.0250. The van der Waals surface area contributed by atoms with Gasteiger partial charge in [-0.2, -0.15) is 12.6 Å². The zero-order valence-electron chi connectivity index (χ0n) is 15.4. The van der Waals surface area contributed by atoms with Gasteiger partial charge in [-0.25, -0.2) is 0 Å². The average molecular weight is 361 g/mol. The largest absolute Gasteiger partial charge is 0.508 e. The smallest absolute Gasteiger partial charge is 0.119 e. The maximum absolute atomic E-state index is 10.5. The van der Waals surface area contributed by atoms with Crippen LogP contribution in [0.4, 0.5) is 0 Å². The van der Waals surface area contributed by atoms with E-state index in [2.05, 4.69) is 58.9 Å². The van der Waals surface area contributed by atoms with E-state index in [0.717, 1.165) is 18.4 Å². The Morgan fingerprint density at radius 1 is 1.04 bits per heavy atom. The molecule has 0 aliphatic carbocycles. The summed E-state index contributed by atoms with van der Waals surface area (Å²) in [5.41, 5.74) is 4.88. The number of rotatable bonds is 6. The molecule has 24 heavy (non-hydrogen) atoms. The van der Waals surface area contributed by atoms with Crippen LogP contribution in [0, 0.1) is 13.8 Å². The lowest BCUT2D eigenvalue weighted by atomic mass is 9.91. The van der Waals surface area contributed by atoms with Crippen molar-refractivity contribution in [3.05, 3.63) is 58.7 Å². The van der Waals surface area contributed by atoms with Crippen LogP contribution in [-0.2, 0) is 5.16 Å². The second-order valence-electron chi connectivity index (χ2n) is 6.70. The highest BCUT2D eigenvalue weighted by Gasteiger charge is 2.32. The van der Waals surface area contributed by atoms with E-state index in [1.54, 1.807) is 0 Å². The zero-order valence-corrected chi connectivity index (χ0v) is 17.2. The lowest BCUT2D eigenvalue weighted by molar-refractivity contribution is 0.448. The van der Waals surface area contributed by atoms with Gasteiger partial charge in [0.1, 0.15) is 5.75 Å². The average Bonchev–Trinajstić information content (AvgIpc) is 2.56. The van der Waals surface area contributed by atoms with Gasteiger partial charge < -0.3 is 5.11 Å². The maximum Gasteiger partial charge on any atom is 0.119 e. The van der Waals surface area contributed by atoms with Crippen molar-refractivity contribution in [2.24, 2.45) is 0 Å². The van der Waals surface area contributed by atoms with E-state index in [1.165, 1.54) is 22.0 Å². The second-order valence-corrected chi connectivity index (χ2v) is 9.22. The molecule has 130 valence electrons. The summed E-state index contributed by atoms with van der Waals surface area (Å²) >= 11 is 4.69. The monoisotopic (exact) mass is 360 g/mol. The summed E-state index contributed by atoms with van der Waals surface area (Å²) in [5.74, 6) is 0.421. The molecule has 0 bridgehead atoms. The molecule has 0 heterocycles. The molecular formula is C21H29OPS.